The first kappa shape index (κ1) is 28.4. The molecule has 0 aliphatic carbocycles. The summed E-state index contributed by atoms with van der Waals surface area (Å²) >= 11 is 0. The Morgan fingerprint density at radius 1 is 1.20 bits per heavy atom. The summed E-state index contributed by atoms with van der Waals surface area (Å²) in [6, 6.07) is -0.747. The van der Waals surface area contributed by atoms with E-state index in [9.17, 15) is 18.0 Å². The number of benzene rings is 1. The van der Waals surface area contributed by atoms with Gasteiger partial charge in [0.25, 0.3) is 10.0 Å². The molecule has 0 radical (unpaired) electrons. The molecular formula is C24H38N4O6S. The Balaban J connectivity index is 1.98. The summed E-state index contributed by atoms with van der Waals surface area (Å²) in [5.74, 6) is 0.364. The van der Waals surface area contributed by atoms with Crippen molar-refractivity contribution in [2.75, 3.05) is 6.54 Å². The van der Waals surface area contributed by atoms with Crippen LogP contribution >= 0.6 is 0 Å². The van der Waals surface area contributed by atoms with E-state index in [1.54, 1.807) is 34.6 Å². The minimum absolute atomic E-state index is 0.157. The first-order valence-electron chi connectivity index (χ1n) is 11.6. The fourth-order valence-corrected chi connectivity index (χ4v) is 5.56. The van der Waals surface area contributed by atoms with Crippen LogP contribution in [0.4, 0.5) is 4.79 Å². The van der Waals surface area contributed by atoms with Crippen LogP contribution in [0.25, 0.3) is 0 Å². The lowest BCUT2D eigenvalue weighted by molar-refractivity contribution is -0.109. The van der Waals surface area contributed by atoms with Gasteiger partial charge in [-0.25, -0.2) is 17.9 Å². The molecule has 2 rings (SSSR count). The molecule has 1 aromatic carbocycles. The van der Waals surface area contributed by atoms with E-state index in [1.165, 1.54) is 0 Å². The quantitative estimate of drug-likeness (QED) is 0.182. The Hall–Kier alpha value is -2.82. The number of aldehydes is 1. The topological polar surface area (TPSA) is 147 Å². The van der Waals surface area contributed by atoms with Crippen LogP contribution in [0.1, 0.15) is 69.7 Å². The summed E-state index contributed by atoms with van der Waals surface area (Å²) < 4.78 is 39.8. The zero-order valence-corrected chi connectivity index (χ0v) is 22.7. The van der Waals surface area contributed by atoms with Crippen molar-refractivity contribution in [2.45, 2.75) is 96.8 Å². The first-order chi connectivity index (χ1) is 16.0. The smallest absolute Gasteiger partial charge is 0.408 e. The summed E-state index contributed by atoms with van der Waals surface area (Å²) in [7, 11) is -4.02. The Labute approximate surface area is 208 Å². The third kappa shape index (κ3) is 7.33. The lowest BCUT2D eigenvalue weighted by atomic mass is 9.94. The van der Waals surface area contributed by atoms with Crippen molar-refractivity contribution in [2.24, 2.45) is 0 Å². The van der Waals surface area contributed by atoms with Crippen molar-refractivity contribution in [1.82, 2.24) is 15.4 Å². The zero-order valence-electron chi connectivity index (χ0n) is 21.8. The van der Waals surface area contributed by atoms with Crippen molar-refractivity contribution in [3.05, 3.63) is 22.3 Å². The van der Waals surface area contributed by atoms with E-state index < -0.39 is 33.4 Å². The molecule has 1 aliphatic rings. The molecule has 0 bridgehead atoms. The van der Waals surface area contributed by atoms with Gasteiger partial charge in [0.1, 0.15) is 23.2 Å². The number of sulfonamides is 1. The fraction of sp³-hybridized carbons (Fsp3) is 0.625. The Bertz CT molecular complexity index is 1110. The van der Waals surface area contributed by atoms with Crippen LogP contribution in [-0.4, -0.2) is 50.5 Å². The normalized spacial score (nSPS) is 15.4. The summed E-state index contributed by atoms with van der Waals surface area (Å²) in [5, 5.41) is 13.3. The van der Waals surface area contributed by atoms with Gasteiger partial charge in [-0.05, 0) is 84.9 Å². The molecule has 10 nitrogen and oxygen atoms in total. The molecule has 0 aromatic heterocycles. The molecule has 0 unspecified atom stereocenters. The van der Waals surface area contributed by atoms with Crippen molar-refractivity contribution in [3.8, 4) is 5.75 Å². The molecule has 0 saturated heterocycles. The number of carbonyl (C=O) groups excluding carboxylic acids is 2. The van der Waals surface area contributed by atoms with Crippen LogP contribution in [0.2, 0.25) is 0 Å². The maximum atomic E-state index is 13.2. The van der Waals surface area contributed by atoms with Gasteiger partial charge in [0.2, 0.25) is 5.96 Å². The highest BCUT2D eigenvalue weighted by molar-refractivity contribution is 7.90. The fourth-order valence-electron chi connectivity index (χ4n) is 4.04. The Morgan fingerprint density at radius 2 is 1.83 bits per heavy atom. The van der Waals surface area contributed by atoms with Crippen molar-refractivity contribution in [1.29, 1.82) is 5.41 Å². The van der Waals surface area contributed by atoms with E-state index in [4.69, 9.17) is 14.9 Å². The van der Waals surface area contributed by atoms with Crippen LogP contribution in [0.15, 0.2) is 4.90 Å². The molecule has 0 fully saturated rings. The summed E-state index contributed by atoms with van der Waals surface area (Å²) in [4.78, 5) is 23.2. The van der Waals surface area contributed by atoms with Crippen molar-refractivity contribution in [3.63, 3.8) is 0 Å². The first-order valence-corrected chi connectivity index (χ1v) is 13.1. The zero-order chi connectivity index (χ0) is 26.8. The van der Waals surface area contributed by atoms with Crippen LogP contribution in [0.5, 0.6) is 5.75 Å². The van der Waals surface area contributed by atoms with Crippen LogP contribution < -0.4 is 20.1 Å². The Kier molecular flexibility index (Phi) is 8.47. The predicted octanol–water partition coefficient (Wildman–Crippen LogP) is 3.00. The second kappa shape index (κ2) is 10.4. The minimum Gasteiger partial charge on any atom is -0.487 e. The number of hydrogen-bond acceptors (Lipinski definition) is 7. The van der Waals surface area contributed by atoms with Crippen LogP contribution in [0, 0.1) is 26.2 Å². The van der Waals surface area contributed by atoms with Crippen LogP contribution in [-0.2, 0) is 26.0 Å². The van der Waals surface area contributed by atoms with Gasteiger partial charge in [-0.1, -0.05) is 0 Å². The van der Waals surface area contributed by atoms with E-state index in [0.717, 1.165) is 16.9 Å². The maximum absolute atomic E-state index is 13.2. The van der Waals surface area contributed by atoms with Gasteiger partial charge in [0, 0.05) is 18.5 Å². The molecule has 1 amide bonds. The average Bonchev–Trinajstić information content (AvgIpc) is 3.02. The highest BCUT2D eigenvalue weighted by Gasteiger charge is 2.36. The maximum Gasteiger partial charge on any atom is 0.408 e. The molecule has 35 heavy (non-hydrogen) atoms. The van der Waals surface area contributed by atoms with Crippen molar-refractivity contribution < 1.29 is 27.5 Å². The summed E-state index contributed by atoms with van der Waals surface area (Å²) in [6.07, 6.45) is 1.24. The van der Waals surface area contributed by atoms with Gasteiger partial charge in [0.15, 0.2) is 0 Å². The number of guanidine groups is 1. The van der Waals surface area contributed by atoms with E-state index in [0.29, 0.717) is 36.7 Å². The third-order valence-corrected chi connectivity index (χ3v) is 7.28. The highest BCUT2D eigenvalue weighted by Crippen LogP contribution is 2.43. The molecule has 11 heteroatoms. The number of hydrogen-bond donors (Lipinski definition) is 4. The van der Waals surface area contributed by atoms with E-state index in [-0.39, 0.29) is 17.4 Å². The van der Waals surface area contributed by atoms with E-state index >= 15 is 0 Å². The molecule has 1 aliphatic heterocycles. The van der Waals surface area contributed by atoms with Gasteiger partial charge in [0.05, 0.1) is 10.9 Å². The van der Waals surface area contributed by atoms with Gasteiger partial charge in [-0.15, -0.1) is 0 Å². The third-order valence-electron chi connectivity index (χ3n) is 5.66. The Morgan fingerprint density at radius 3 is 2.40 bits per heavy atom. The standard InChI is InChI=1S/C24H38N4O6S/c1-14-15(2)20(16(3)18-12-24(7,8)33-19(14)18)35(31,32)28-21(25)26-11-9-10-17(13-29)27-22(30)34-23(4,5)6/h13,17H,9-12H2,1-8H3,(H,27,30)(H3,25,26,28)/t17-/m0/s1. The van der Waals surface area contributed by atoms with Gasteiger partial charge in [-0.2, -0.15) is 0 Å². The SMILES string of the molecule is Cc1c(C)c(S(=O)(=O)NC(=N)NCCC[C@@H](C=O)NC(=O)OC(C)(C)C)c(C)c2c1OC(C)(C)C2. The molecular weight excluding hydrogens is 472 g/mol. The summed E-state index contributed by atoms with van der Waals surface area (Å²) in [5.41, 5.74) is 1.76. The summed E-state index contributed by atoms with van der Waals surface area (Å²) in [6.45, 7) is 14.7. The highest BCUT2D eigenvalue weighted by atomic mass is 32.2. The number of nitrogens with one attached hydrogen (secondary N) is 4. The van der Waals surface area contributed by atoms with Gasteiger partial charge < -0.3 is 24.9 Å². The van der Waals surface area contributed by atoms with Crippen LogP contribution in [0.3, 0.4) is 0 Å². The molecule has 0 spiro atoms. The number of ether oxygens (including phenoxy) is 2. The molecule has 1 atom stereocenters. The van der Waals surface area contributed by atoms with Crippen molar-refractivity contribution >= 4 is 28.4 Å². The lowest BCUT2D eigenvalue weighted by Gasteiger charge is -2.21. The largest absolute Gasteiger partial charge is 0.487 e. The monoisotopic (exact) mass is 510 g/mol. The molecule has 0 saturated carbocycles. The van der Waals surface area contributed by atoms with Gasteiger partial charge in [-0.3, -0.25) is 5.41 Å². The molecule has 1 heterocycles. The van der Waals surface area contributed by atoms with E-state index in [1.807, 2.05) is 20.8 Å². The van der Waals surface area contributed by atoms with E-state index in [2.05, 4.69) is 15.4 Å². The number of rotatable bonds is 8. The number of carbonyl (C=O) groups is 2. The lowest BCUT2D eigenvalue weighted by Crippen LogP contribution is -2.42. The molecule has 196 valence electrons. The second-order valence-electron chi connectivity index (χ2n) is 10.5. The predicted molar refractivity (Wildman–Crippen MR) is 134 cm³/mol. The number of fused-ring (bicyclic) bond motifs is 1. The number of amides is 1. The average molecular weight is 511 g/mol. The van der Waals surface area contributed by atoms with Gasteiger partial charge >= 0.3 is 6.09 Å². The molecule has 1 aromatic rings. The minimum atomic E-state index is -4.02. The molecule has 4 N–H and O–H groups in total. The second-order valence-corrected chi connectivity index (χ2v) is 12.1. The number of alkyl carbamates (subject to hydrolysis) is 1.